The average Bonchev–Trinajstić information content (AvgIpc) is 3.06. The fourth-order valence-electron chi connectivity index (χ4n) is 3.49. The third kappa shape index (κ3) is 3.30. The molecule has 2 fully saturated rings. The van der Waals surface area contributed by atoms with Crippen LogP contribution in [0.1, 0.15) is 18.4 Å². The lowest BCUT2D eigenvalue weighted by molar-refractivity contribution is -0.146. The van der Waals surface area contributed by atoms with Crippen LogP contribution in [-0.4, -0.2) is 43.2 Å². The van der Waals surface area contributed by atoms with E-state index in [1.807, 2.05) is 4.90 Å². The monoisotopic (exact) mass is 325 g/mol. The number of nitrogens with zero attached hydrogens (tertiary/aromatic N) is 1. The Morgan fingerprint density at radius 1 is 1.17 bits per heavy atom. The van der Waals surface area contributed by atoms with Crippen LogP contribution in [-0.2, 0) is 20.9 Å². The Labute approximate surface area is 142 Å². The van der Waals surface area contributed by atoms with Gasteiger partial charge in [0.25, 0.3) is 0 Å². The molecular weight excluding hydrogens is 302 g/mol. The zero-order valence-corrected chi connectivity index (χ0v) is 13.8. The van der Waals surface area contributed by atoms with Gasteiger partial charge in [-0.2, -0.15) is 0 Å². The van der Waals surface area contributed by atoms with Crippen LogP contribution in [0.5, 0.6) is 0 Å². The number of amides is 1. The standard InChI is InChI=1S/C20H23NO3/c22-20(10-15-8-9-23-13-15)21-11-18(12-21)24-14-17-6-3-5-16-4-1-2-7-19(16)17/h1-7,15,18H,8-14H2/t15-/m1/s1. The minimum Gasteiger partial charge on any atom is -0.381 e. The molecule has 0 spiro atoms. The molecule has 0 aliphatic carbocycles. The fourth-order valence-corrected chi connectivity index (χ4v) is 3.49. The number of likely N-dealkylation sites (tertiary alicyclic amines) is 1. The van der Waals surface area contributed by atoms with E-state index in [0.717, 1.165) is 32.7 Å². The zero-order valence-electron chi connectivity index (χ0n) is 13.8. The maximum atomic E-state index is 12.2. The lowest BCUT2D eigenvalue weighted by Gasteiger charge is -2.39. The molecule has 0 saturated carbocycles. The first kappa shape index (κ1) is 15.6. The van der Waals surface area contributed by atoms with Crippen molar-refractivity contribution in [2.45, 2.75) is 25.6 Å². The second kappa shape index (κ2) is 6.91. The van der Waals surface area contributed by atoms with E-state index in [2.05, 4.69) is 42.5 Å². The van der Waals surface area contributed by atoms with Gasteiger partial charge in [-0.1, -0.05) is 42.5 Å². The van der Waals surface area contributed by atoms with Gasteiger partial charge in [0, 0.05) is 32.7 Å². The summed E-state index contributed by atoms with van der Waals surface area (Å²) in [5.74, 6) is 0.656. The SMILES string of the molecule is O=C(C[C@H]1CCOC1)N1CC(OCc2cccc3ccccc23)C1. The second-order valence-electron chi connectivity index (χ2n) is 6.80. The van der Waals surface area contributed by atoms with Crippen LogP contribution in [0.2, 0.25) is 0 Å². The minimum absolute atomic E-state index is 0.160. The Bertz CT molecular complexity index is 712. The minimum atomic E-state index is 0.160. The van der Waals surface area contributed by atoms with Crippen molar-refractivity contribution in [3.8, 4) is 0 Å². The van der Waals surface area contributed by atoms with E-state index in [1.165, 1.54) is 16.3 Å². The molecule has 0 N–H and O–H groups in total. The molecule has 2 aromatic carbocycles. The van der Waals surface area contributed by atoms with Crippen molar-refractivity contribution in [2.75, 3.05) is 26.3 Å². The average molecular weight is 325 g/mol. The van der Waals surface area contributed by atoms with Crippen molar-refractivity contribution in [2.24, 2.45) is 5.92 Å². The molecule has 0 radical (unpaired) electrons. The van der Waals surface area contributed by atoms with E-state index in [0.29, 0.717) is 18.9 Å². The summed E-state index contributed by atoms with van der Waals surface area (Å²) in [6.07, 6.45) is 1.80. The van der Waals surface area contributed by atoms with Gasteiger partial charge in [0.1, 0.15) is 0 Å². The van der Waals surface area contributed by atoms with E-state index in [-0.39, 0.29) is 12.0 Å². The number of hydrogen-bond donors (Lipinski definition) is 0. The van der Waals surface area contributed by atoms with Crippen molar-refractivity contribution < 1.29 is 14.3 Å². The molecule has 4 rings (SSSR count). The van der Waals surface area contributed by atoms with Crippen molar-refractivity contribution >= 4 is 16.7 Å². The van der Waals surface area contributed by atoms with Gasteiger partial charge >= 0.3 is 0 Å². The molecule has 24 heavy (non-hydrogen) atoms. The molecule has 2 aliphatic heterocycles. The maximum Gasteiger partial charge on any atom is 0.223 e. The largest absolute Gasteiger partial charge is 0.381 e. The number of rotatable bonds is 5. The number of carbonyl (C=O) groups excluding carboxylic acids is 1. The number of hydrogen-bond acceptors (Lipinski definition) is 3. The van der Waals surface area contributed by atoms with Gasteiger partial charge in [0.05, 0.1) is 12.7 Å². The first-order chi connectivity index (χ1) is 11.8. The Balaban J connectivity index is 1.27. The quantitative estimate of drug-likeness (QED) is 0.848. The Kier molecular flexibility index (Phi) is 4.50. The van der Waals surface area contributed by atoms with Crippen molar-refractivity contribution in [1.82, 2.24) is 4.90 Å². The molecule has 1 atom stereocenters. The van der Waals surface area contributed by atoms with E-state index in [4.69, 9.17) is 9.47 Å². The lowest BCUT2D eigenvalue weighted by atomic mass is 10.0. The predicted molar refractivity (Wildman–Crippen MR) is 92.6 cm³/mol. The summed E-state index contributed by atoms with van der Waals surface area (Å²) < 4.78 is 11.3. The molecule has 2 aliphatic rings. The zero-order chi connectivity index (χ0) is 16.4. The molecule has 0 aromatic heterocycles. The van der Waals surface area contributed by atoms with E-state index in [9.17, 15) is 4.79 Å². The molecule has 126 valence electrons. The van der Waals surface area contributed by atoms with Gasteiger partial charge in [0.15, 0.2) is 0 Å². The van der Waals surface area contributed by atoms with Crippen molar-refractivity contribution in [3.05, 3.63) is 48.0 Å². The second-order valence-corrected chi connectivity index (χ2v) is 6.80. The smallest absolute Gasteiger partial charge is 0.223 e. The van der Waals surface area contributed by atoms with Crippen LogP contribution in [0.4, 0.5) is 0 Å². The molecule has 2 aromatic rings. The van der Waals surface area contributed by atoms with Crippen LogP contribution in [0.3, 0.4) is 0 Å². The van der Waals surface area contributed by atoms with Gasteiger partial charge in [-0.25, -0.2) is 0 Å². The van der Waals surface area contributed by atoms with Gasteiger partial charge in [0.2, 0.25) is 5.91 Å². The maximum absolute atomic E-state index is 12.2. The molecule has 2 heterocycles. The normalized spacial score (nSPS) is 21.2. The van der Waals surface area contributed by atoms with E-state index >= 15 is 0 Å². The van der Waals surface area contributed by atoms with Gasteiger partial charge in [-0.05, 0) is 28.7 Å². The van der Waals surface area contributed by atoms with Crippen LogP contribution < -0.4 is 0 Å². The molecule has 1 amide bonds. The molecule has 0 bridgehead atoms. The topological polar surface area (TPSA) is 38.8 Å². The summed E-state index contributed by atoms with van der Waals surface area (Å²) in [6.45, 7) is 3.58. The van der Waals surface area contributed by atoms with Gasteiger partial charge < -0.3 is 14.4 Å². The lowest BCUT2D eigenvalue weighted by Crippen LogP contribution is -2.55. The molecular formula is C20H23NO3. The van der Waals surface area contributed by atoms with E-state index < -0.39 is 0 Å². The highest BCUT2D eigenvalue weighted by Gasteiger charge is 2.32. The summed E-state index contributed by atoms with van der Waals surface area (Å²) in [7, 11) is 0. The van der Waals surface area contributed by atoms with Crippen molar-refractivity contribution in [3.63, 3.8) is 0 Å². The van der Waals surface area contributed by atoms with Crippen LogP contribution in [0.25, 0.3) is 10.8 Å². The number of fused-ring (bicyclic) bond motifs is 1. The predicted octanol–water partition coefficient (Wildman–Crippen LogP) is 2.99. The summed E-state index contributed by atoms with van der Waals surface area (Å²) in [6, 6.07) is 14.7. The van der Waals surface area contributed by atoms with Crippen molar-refractivity contribution in [1.29, 1.82) is 0 Å². The Morgan fingerprint density at radius 2 is 2.00 bits per heavy atom. The van der Waals surface area contributed by atoms with E-state index in [1.54, 1.807) is 0 Å². The summed E-state index contributed by atoms with van der Waals surface area (Å²) in [5, 5.41) is 2.48. The highest BCUT2D eigenvalue weighted by Crippen LogP contribution is 2.23. The first-order valence-electron chi connectivity index (χ1n) is 8.73. The first-order valence-corrected chi connectivity index (χ1v) is 8.73. The van der Waals surface area contributed by atoms with Crippen LogP contribution in [0.15, 0.2) is 42.5 Å². The summed E-state index contributed by atoms with van der Waals surface area (Å²) in [5.41, 5.74) is 1.21. The fraction of sp³-hybridized carbons (Fsp3) is 0.450. The van der Waals surface area contributed by atoms with Gasteiger partial charge in [-0.3, -0.25) is 4.79 Å². The molecule has 2 saturated heterocycles. The molecule has 0 unspecified atom stereocenters. The van der Waals surface area contributed by atoms with Gasteiger partial charge in [-0.15, -0.1) is 0 Å². The summed E-state index contributed by atoms with van der Waals surface area (Å²) in [4.78, 5) is 14.1. The Morgan fingerprint density at radius 3 is 2.83 bits per heavy atom. The summed E-state index contributed by atoms with van der Waals surface area (Å²) >= 11 is 0. The highest BCUT2D eigenvalue weighted by atomic mass is 16.5. The number of carbonyl (C=O) groups is 1. The number of ether oxygens (including phenoxy) is 2. The van der Waals surface area contributed by atoms with Crippen LogP contribution >= 0.6 is 0 Å². The molecule has 4 nitrogen and oxygen atoms in total. The third-order valence-corrected chi connectivity index (χ3v) is 5.04. The molecule has 4 heteroatoms. The van der Waals surface area contributed by atoms with Crippen LogP contribution in [0, 0.1) is 5.92 Å². The number of benzene rings is 2. The third-order valence-electron chi connectivity index (χ3n) is 5.04. The highest BCUT2D eigenvalue weighted by molar-refractivity contribution is 5.85. The Hall–Kier alpha value is -1.91.